The zero-order chi connectivity index (χ0) is 10.8. The molecule has 0 spiro atoms. The highest BCUT2D eigenvalue weighted by atomic mass is 16.5. The Morgan fingerprint density at radius 2 is 2.07 bits per heavy atom. The van der Waals surface area contributed by atoms with Crippen molar-refractivity contribution in [2.45, 2.75) is 38.8 Å². The van der Waals surface area contributed by atoms with Gasteiger partial charge in [0.25, 0.3) is 0 Å². The van der Waals surface area contributed by atoms with Gasteiger partial charge in [-0.05, 0) is 38.8 Å². The van der Waals surface area contributed by atoms with E-state index in [9.17, 15) is 0 Å². The Labute approximate surface area is 90.9 Å². The molecule has 1 saturated carbocycles. The van der Waals surface area contributed by atoms with Crippen LogP contribution < -0.4 is 5.32 Å². The van der Waals surface area contributed by atoms with Crippen LogP contribution in [0.1, 0.15) is 24.2 Å². The second kappa shape index (κ2) is 4.19. The largest absolute Gasteiger partial charge is 0.381 e. The summed E-state index contributed by atoms with van der Waals surface area (Å²) in [6.07, 6.45) is 2.65. The molecule has 0 unspecified atom stereocenters. The Balaban J connectivity index is 1.94. The van der Waals surface area contributed by atoms with E-state index < -0.39 is 0 Å². The molecule has 1 heterocycles. The van der Waals surface area contributed by atoms with E-state index in [4.69, 9.17) is 4.74 Å². The molecule has 82 valence electrons. The molecule has 0 atom stereocenters. The molecule has 1 aliphatic rings. The average molecular weight is 206 g/mol. The van der Waals surface area contributed by atoms with Gasteiger partial charge in [0.05, 0.1) is 17.5 Å². The first-order valence-corrected chi connectivity index (χ1v) is 5.42. The third-order valence-corrected chi connectivity index (χ3v) is 3.01. The Kier molecular flexibility index (Phi) is 2.91. The van der Waals surface area contributed by atoms with Crippen molar-refractivity contribution in [3.63, 3.8) is 0 Å². The lowest BCUT2D eigenvalue weighted by Gasteiger charge is -2.35. The molecule has 1 aromatic rings. The molecule has 15 heavy (non-hydrogen) atoms. The topological polar surface area (TPSA) is 34.1 Å². The van der Waals surface area contributed by atoms with Crippen LogP contribution in [0.5, 0.6) is 0 Å². The van der Waals surface area contributed by atoms with Crippen molar-refractivity contribution in [2.24, 2.45) is 0 Å². The molecule has 0 saturated heterocycles. The molecule has 1 N–H and O–H groups in total. The smallest absolute Gasteiger partial charge is 0.0610 e. The molecule has 0 aromatic carbocycles. The van der Waals surface area contributed by atoms with E-state index in [2.05, 4.69) is 16.4 Å². The zero-order valence-corrected chi connectivity index (χ0v) is 9.58. The minimum absolute atomic E-state index is 0.446. The molecule has 3 heteroatoms. The van der Waals surface area contributed by atoms with Gasteiger partial charge in [-0.25, -0.2) is 0 Å². The Hall–Kier alpha value is -1.09. The SMILES string of the molecule is COC1CC(Nc2ccc(C)nc2C)C1. The maximum absolute atomic E-state index is 5.25. The van der Waals surface area contributed by atoms with Gasteiger partial charge in [-0.15, -0.1) is 0 Å². The summed E-state index contributed by atoms with van der Waals surface area (Å²) in [6.45, 7) is 4.06. The van der Waals surface area contributed by atoms with Gasteiger partial charge in [0.15, 0.2) is 0 Å². The predicted molar refractivity (Wildman–Crippen MR) is 61.2 cm³/mol. The van der Waals surface area contributed by atoms with E-state index in [1.165, 1.54) is 0 Å². The van der Waals surface area contributed by atoms with Gasteiger partial charge < -0.3 is 10.1 Å². The van der Waals surface area contributed by atoms with Crippen LogP contribution in [0.3, 0.4) is 0 Å². The van der Waals surface area contributed by atoms with Crippen LogP contribution in [0.4, 0.5) is 5.69 Å². The lowest BCUT2D eigenvalue weighted by Crippen LogP contribution is -2.40. The molecule has 0 radical (unpaired) electrons. The molecule has 1 aliphatic carbocycles. The van der Waals surface area contributed by atoms with Crippen molar-refractivity contribution in [2.75, 3.05) is 12.4 Å². The van der Waals surface area contributed by atoms with E-state index >= 15 is 0 Å². The molecular formula is C12H18N2O. The Morgan fingerprint density at radius 1 is 1.33 bits per heavy atom. The van der Waals surface area contributed by atoms with Gasteiger partial charge >= 0.3 is 0 Å². The molecular weight excluding hydrogens is 188 g/mol. The number of nitrogens with zero attached hydrogens (tertiary/aromatic N) is 1. The molecule has 0 bridgehead atoms. The minimum atomic E-state index is 0.446. The van der Waals surface area contributed by atoms with Crippen LogP contribution in [-0.4, -0.2) is 24.2 Å². The third kappa shape index (κ3) is 2.29. The second-order valence-electron chi connectivity index (χ2n) is 4.26. The second-order valence-corrected chi connectivity index (χ2v) is 4.26. The number of anilines is 1. The fourth-order valence-corrected chi connectivity index (χ4v) is 1.93. The summed E-state index contributed by atoms with van der Waals surface area (Å²) in [4.78, 5) is 4.43. The van der Waals surface area contributed by atoms with Crippen LogP contribution in [-0.2, 0) is 4.74 Å². The molecule has 1 fully saturated rings. The number of aryl methyl sites for hydroxylation is 2. The first-order valence-electron chi connectivity index (χ1n) is 5.42. The predicted octanol–water partition coefficient (Wildman–Crippen LogP) is 2.29. The van der Waals surface area contributed by atoms with E-state index in [-0.39, 0.29) is 0 Å². The van der Waals surface area contributed by atoms with Gasteiger partial charge in [0.1, 0.15) is 0 Å². The number of nitrogens with one attached hydrogen (secondary N) is 1. The molecule has 2 rings (SSSR count). The van der Waals surface area contributed by atoms with Gasteiger partial charge in [-0.2, -0.15) is 0 Å². The standard InChI is InChI=1S/C12H18N2O/c1-8-4-5-12(9(2)13-8)14-10-6-11(7-10)15-3/h4-5,10-11,14H,6-7H2,1-3H3. The van der Waals surface area contributed by atoms with E-state index in [0.29, 0.717) is 12.1 Å². The summed E-state index contributed by atoms with van der Waals surface area (Å²) < 4.78 is 5.25. The minimum Gasteiger partial charge on any atom is -0.381 e. The highest BCUT2D eigenvalue weighted by Gasteiger charge is 2.28. The number of rotatable bonds is 3. The third-order valence-electron chi connectivity index (χ3n) is 3.01. The summed E-state index contributed by atoms with van der Waals surface area (Å²) in [6, 6.07) is 4.71. The number of pyridine rings is 1. The van der Waals surface area contributed by atoms with E-state index in [1.54, 1.807) is 7.11 Å². The molecule has 0 aliphatic heterocycles. The molecule has 0 amide bonds. The molecule has 1 aromatic heterocycles. The molecule has 3 nitrogen and oxygen atoms in total. The van der Waals surface area contributed by atoms with Gasteiger partial charge in [0.2, 0.25) is 0 Å². The summed E-state index contributed by atoms with van der Waals surface area (Å²) in [5, 5.41) is 3.50. The van der Waals surface area contributed by atoms with Crippen LogP contribution in [0, 0.1) is 13.8 Å². The summed E-state index contributed by atoms with van der Waals surface area (Å²) in [5.41, 5.74) is 3.30. The maximum atomic E-state index is 5.25. The van der Waals surface area contributed by atoms with Crippen molar-refractivity contribution in [1.29, 1.82) is 0 Å². The number of aromatic nitrogens is 1. The zero-order valence-electron chi connectivity index (χ0n) is 9.58. The van der Waals surface area contributed by atoms with Crippen molar-refractivity contribution in [3.05, 3.63) is 23.5 Å². The first-order chi connectivity index (χ1) is 7.19. The van der Waals surface area contributed by atoms with Crippen molar-refractivity contribution in [1.82, 2.24) is 4.98 Å². The number of hydrogen-bond acceptors (Lipinski definition) is 3. The first kappa shape index (κ1) is 10.4. The monoisotopic (exact) mass is 206 g/mol. The summed E-state index contributed by atoms with van der Waals surface area (Å²) in [5.74, 6) is 0. The highest BCUT2D eigenvalue weighted by Crippen LogP contribution is 2.27. The lowest BCUT2D eigenvalue weighted by atomic mass is 9.89. The fourth-order valence-electron chi connectivity index (χ4n) is 1.93. The van der Waals surface area contributed by atoms with Crippen LogP contribution in [0.2, 0.25) is 0 Å². The number of methoxy groups -OCH3 is 1. The van der Waals surface area contributed by atoms with Gasteiger partial charge in [0, 0.05) is 18.8 Å². The average Bonchev–Trinajstić information content (AvgIpc) is 2.13. The summed E-state index contributed by atoms with van der Waals surface area (Å²) >= 11 is 0. The quantitative estimate of drug-likeness (QED) is 0.824. The van der Waals surface area contributed by atoms with Gasteiger partial charge in [-0.1, -0.05) is 0 Å². The normalized spacial score (nSPS) is 24.7. The number of ether oxygens (including phenoxy) is 1. The lowest BCUT2D eigenvalue weighted by molar-refractivity contribution is 0.0328. The summed E-state index contributed by atoms with van der Waals surface area (Å²) in [7, 11) is 1.78. The maximum Gasteiger partial charge on any atom is 0.0610 e. The Bertz CT molecular complexity index is 345. The van der Waals surface area contributed by atoms with Crippen molar-refractivity contribution < 1.29 is 4.74 Å². The Morgan fingerprint density at radius 3 is 2.67 bits per heavy atom. The van der Waals surface area contributed by atoms with Crippen LogP contribution >= 0.6 is 0 Å². The van der Waals surface area contributed by atoms with Crippen LogP contribution in [0.15, 0.2) is 12.1 Å². The van der Waals surface area contributed by atoms with Gasteiger partial charge in [-0.3, -0.25) is 4.98 Å². The van der Waals surface area contributed by atoms with Crippen LogP contribution in [0.25, 0.3) is 0 Å². The van der Waals surface area contributed by atoms with Crippen molar-refractivity contribution >= 4 is 5.69 Å². The van der Waals surface area contributed by atoms with E-state index in [1.807, 2.05) is 19.9 Å². The highest BCUT2D eigenvalue weighted by molar-refractivity contribution is 5.48. The van der Waals surface area contributed by atoms with E-state index in [0.717, 1.165) is 29.9 Å². The van der Waals surface area contributed by atoms with Crippen molar-refractivity contribution in [3.8, 4) is 0 Å². The fraction of sp³-hybridized carbons (Fsp3) is 0.583. The number of hydrogen-bond donors (Lipinski definition) is 1.